The maximum atomic E-state index is 14.5. The molecule has 0 aliphatic carbocycles. The summed E-state index contributed by atoms with van der Waals surface area (Å²) in [5, 5.41) is 2.76. The van der Waals surface area contributed by atoms with Gasteiger partial charge in [0.15, 0.2) is 5.57 Å². The average Bonchev–Trinajstić information content (AvgIpc) is 2.54. The molecule has 1 N–H and O–H groups in total. The van der Waals surface area contributed by atoms with Crippen molar-refractivity contribution in [3.8, 4) is 0 Å². The van der Waals surface area contributed by atoms with Crippen molar-refractivity contribution >= 4 is 23.3 Å². The molecule has 6 nitrogen and oxygen atoms in total. The van der Waals surface area contributed by atoms with Gasteiger partial charge in [0.1, 0.15) is 5.82 Å². The van der Waals surface area contributed by atoms with Crippen LogP contribution in [0.3, 0.4) is 0 Å². The molecule has 2 saturated heterocycles. The molecule has 140 valence electrons. The first-order chi connectivity index (χ1) is 12.3. The number of halogens is 1. The maximum absolute atomic E-state index is 14.5. The first kappa shape index (κ1) is 18.2. The lowest BCUT2D eigenvalue weighted by Crippen LogP contribution is -2.42. The van der Waals surface area contributed by atoms with Crippen molar-refractivity contribution in [1.82, 2.24) is 0 Å². The predicted octanol–water partition coefficient (Wildman–Crippen LogP) is 3.34. The Bertz CT molecular complexity index is 738. The highest BCUT2D eigenvalue weighted by atomic mass is 19.1. The predicted molar refractivity (Wildman–Crippen MR) is 95.0 cm³/mol. The third-order valence-corrected chi connectivity index (χ3v) is 4.56. The zero-order valence-electron chi connectivity index (χ0n) is 15.2. The molecule has 2 aliphatic rings. The number of ether oxygens (including phenoxy) is 2. The first-order valence-corrected chi connectivity index (χ1v) is 8.76. The quantitative estimate of drug-likeness (QED) is 0.505. The number of benzene rings is 1. The fourth-order valence-electron chi connectivity index (χ4n) is 3.22. The van der Waals surface area contributed by atoms with Gasteiger partial charge in [0.2, 0.25) is 0 Å². The van der Waals surface area contributed by atoms with Crippen LogP contribution in [0.15, 0.2) is 30.0 Å². The molecule has 0 amide bonds. The van der Waals surface area contributed by atoms with Gasteiger partial charge in [-0.05, 0) is 44.4 Å². The second-order valence-corrected chi connectivity index (χ2v) is 7.09. The third kappa shape index (κ3) is 3.81. The number of carbonyl (C=O) groups is 2. The van der Waals surface area contributed by atoms with Gasteiger partial charge in [0.05, 0.1) is 5.69 Å². The molecule has 1 aromatic carbocycles. The van der Waals surface area contributed by atoms with Crippen molar-refractivity contribution in [2.75, 3.05) is 16.8 Å². The molecule has 1 atom stereocenters. The second kappa shape index (κ2) is 6.97. The molecule has 3 rings (SSSR count). The van der Waals surface area contributed by atoms with E-state index in [4.69, 9.17) is 9.47 Å². The van der Waals surface area contributed by atoms with Gasteiger partial charge < -0.3 is 19.7 Å². The zero-order valence-corrected chi connectivity index (χ0v) is 15.2. The van der Waals surface area contributed by atoms with E-state index in [1.165, 1.54) is 26.1 Å². The van der Waals surface area contributed by atoms with Gasteiger partial charge in [0.25, 0.3) is 5.79 Å². The molecule has 26 heavy (non-hydrogen) atoms. The highest BCUT2D eigenvalue weighted by Crippen LogP contribution is 2.29. The lowest BCUT2D eigenvalue weighted by Gasteiger charge is -2.35. The van der Waals surface area contributed by atoms with Gasteiger partial charge in [-0.1, -0.05) is 0 Å². The van der Waals surface area contributed by atoms with E-state index in [0.29, 0.717) is 17.4 Å². The number of nitrogens with zero attached hydrogens (tertiary/aromatic N) is 1. The highest BCUT2D eigenvalue weighted by molar-refractivity contribution is 6.15. The topological polar surface area (TPSA) is 67.9 Å². The van der Waals surface area contributed by atoms with E-state index < -0.39 is 17.7 Å². The van der Waals surface area contributed by atoms with E-state index in [1.54, 1.807) is 12.1 Å². The molecule has 2 fully saturated rings. The van der Waals surface area contributed by atoms with Crippen molar-refractivity contribution in [2.45, 2.75) is 51.9 Å². The average molecular weight is 362 g/mol. The minimum absolute atomic E-state index is 0.265. The normalized spacial score (nSPS) is 22.5. The third-order valence-electron chi connectivity index (χ3n) is 4.56. The lowest BCUT2D eigenvalue weighted by atomic mass is 10.0. The molecule has 1 aromatic rings. The van der Waals surface area contributed by atoms with Gasteiger partial charge in [-0.15, -0.1) is 0 Å². The van der Waals surface area contributed by atoms with Crippen LogP contribution in [0.2, 0.25) is 0 Å². The minimum Gasteiger partial charge on any atom is -0.419 e. The number of hydrogen-bond acceptors (Lipinski definition) is 6. The van der Waals surface area contributed by atoms with Crippen LogP contribution in [-0.4, -0.2) is 30.3 Å². The van der Waals surface area contributed by atoms with Crippen molar-refractivity contribution < 1.29 is 23.5 Å². The van der Waals surface area contributed by atoms with Crippen LogP contribution in [-0.2, 0) is 19.1 Å². The summed E-state index contributed by atoms with van der Waals surface area (Å²) in [4.78, 5) is 25.9. The lowest BCUT2D eigenvalue weighted by molar-refractivity contribution is -0.222. The first-order valence-electron chi connectivity index (χ1n) is 8.76. The van der Waals surface area contributed by atoms with Crippen LogP contribution >= 0.6 is 0 Å². The number of hydrogen-bond donors (Lipinski definition) is 1. The fourth-order valence-corrected chi connectivity index (χ4v) is 3.22. The number of rotatable bonds is 3. The number of esters is 2. The Morgan fingerprint density at radius 1 is 1.23 bits per heavy atom. The van der Waals surface area contributed by atoms with E-state index in [9.17, 15) is 14.0 Å². The summed E-state index contributed by atoms with van der Waals surface area (Å²) >= 11 is 0. The standard InChI is InChI=1S/C19H23FN2O4/c1-12-6-4-5-9-22(12)16-8-7-13(10-15(16)20)21-11-14-17(23)25-19(2,3)26-18(14)24/h7-8,10-12,21H,4-6,9H2,1-3H3. The Morgan fingerprint density at radius 2 is 1.92 bits per heavy atom. The molecule has 0 spiro atoms. The van der Waals surface area contributed by atoms with Crippen molar-refractivity contribution in [3.63, 3.8) is 0 Å². The molecule has 7 heteroatoms. The number of anilines is 2. The Balaban J connectivity index is 1.74. The van der Waals surface area contributed by atoms with E-state index in [2.05, 4.69) is 17.1 Å². The molecule has 1 unspecified atom stereocenters. The van der Waals surface area contributed by atoms with Crippen molar-refractivity contribution in [2.24, 2.45) is 0 Å². The summed E-state index contributed by atoms with van der Waals surface area (Å²) in [6.45, 7) is 5.88. The van der Waals surface area contributed by atoms with E-state index in [1.807, 2.05) is 0 Å². The monoisotopic (exact) mass is 362 g/mol. The summed E-state index contributed by atoms with van der Waals surface area (Å²) in [6.07, 6.45) is 4.44. The van der Waals surface area contributed by atoms with Crippen LogP contribution < -0.4 is 10.2 Å². The fraction of sp³-hybridized carbons (Fsp3) is 0.474. The molecule has 0 bridgehead atoms. The number of carbonyl (C=O) groups excluding carboxylic acids is 2. The molecule has 0 aromatic heterocycles. The summed E-state index contributed by atoms with van der Waals surface area (Å²) in [5.74, 6) is -3.20. The smallest absolute Gasteiger partial charge is 0.350 e. The Kier molecular flexibility index (Phi) is 4.89. The Labute approximate surface area is 151 Å². The molecule has 0 radical (unpaired) electrons. The summed E-state index contributed by atoms with van der Waals surface area (Å²) < 4.78 is 24.6. The Morgan fingerprint density at radius 3 is 2.54 bits per heavy atom. The van der Waals surface area contributed by atoms with Crippen LogP contribution in [0.1, 0.15) is 40.0 Å². The van der Waals surface area contributed by atoms with Gasteiger partial charge in [0, 0.05) is 38.3 Å². The molecular weight excluding hydrogens is 339 g/mol. The zero-order chi connectivity index (χ0) is 18.9. The largest absolute Gasteiger partial charge is 0.419 e. The SMILES string of the molecule is CC1CCCCN1c1ccc(NC=C2C(=O)OC(C)(C)OC2=O)cc1F. The highest BCUT2D eigenvalue weighted by Gasteiger charge is 2.38. The van der Waals surface area contributed by atoms with Gasteiger partial charge in [-0.25, -0.2) is 14.0 Å². The number of cyclic esters (lactones) is 2. The van der Waals surface area contributed by atoms with E-state index in [-0.39, 0.29) is 11.4 Å². The van der Waals surface area contributed by atoms with Gasteiger partial charge in [-0.2, -0.15) is 0 Å². The van der Waals surface area contributed by atoms with E-state index in [0.717, 1.165) is 25.8 Å². The maximum Gasteiger partial charge on any atom is 0.350 e. The molecule has 0 saturated carbocycles. The van der Waals surface area contributed by atoms with Crippen molar-refractivity contribution in [3.05, 3.63) is 35.8 Å². The summed E-state index contributed by atoms with van der Waals surface area (Å²) in [7, 11) is 0. The van der Waals surface area contributed by atoms with Crippen LogP contribution in [0.4, 0.5) is 15.8 Å². The van der Waals surface area contributed by atoms with Gasteiger partial charge in [-0.3, -0.25) is 0 Å². The van der Waals surface area contributed by atoms with Gasteiger partial charge >= 0.3 is 11.9 Å². The molecule has 2 aliphatic heterocycles. The van der Waals surface area contributed by atoms with E-state index >= 15 is 0 Å². The summed E-state index contributed by atoms with van der Waals surface area (Å²) in [5.41, 5.74) is 0.723. The van der Waals surface area contributed by atoms with Crippen LogP contribution in [0, 0.1) is 5.82 Å². The van der Waals surface area contributed by atoms with Crippen LogP contribution in [0.25, 0.3) is 0 Å². The summed E-state index contributed by atoms with van der Waals surface area (Å²) in [6, 6.07) is 5.06. The Hall–Kier alpha value is -2.57. The minimum atomic E-state index is -1.29. The molecule has 2 heterocycles. The van der Waals surface area contributed by atoms with Crippen molar-refractivity contribution in [1.29, 1.82) is 0 Å². The van der Waals surface area contributed by atoms with Crippen LogP contribution in [0.5, 0.6) is 0 Å². The number of nitrogens with one attached hydrogen (secondary N) is 1. The second-order valence-electron chi connectivity index (χ2n) is 7.09. The number of piperidine rings is 1. The molecular formula is C19H23FN2O4.